The van der Waals surface area contributed by atoms with Crippen molar-refractivity contribution < 1.29 is 9.53 Å². The first-order valence-electron chi connectivity index (χ1n) is 9.79. The summed E-state index contributed by atoms with van der Waals surface area (Å²) in [6.45, 7) is 1.96. The third-order valence-corrected chi connectivity index (χ3v) is 4.29. The Kier molecular flexibility index (Phi) is 6.97. The molecule has 3 aromatic rings. The van der Waals surface area contributed by atoms with Gasteiger partial charge < -0.3 is 9.64 Å². The zero-order chi connectivity index (χ0) is 22.2. The zero-order valence-corrected chi connectivity index (χ0v) is 17.7. The number of anilines is 2. The lowest BCUT2D eigenvalue weighted by atomic mass is 10.2. The fraction of sp³-hybridized carbons (Fsp3) is 0.167. The van der Waals surface area contributed by atoms with Crippen LogP contribution in [-0.4, -0.2) is 34.9 Å². The minimum Gasteiger partial charge on any atom is -0.457 e. The first kappa shape index (κ1) is 21.5. The number of rotatable bonds is 7. The van der Waals surface area contributed by atoms with Gasteiger partial charge in [0.1, 0.15) is 23.1 Å². The van der Waals surface area contributed by atoms with Crippen LogP contribution >= 0.6 is 0 Å². The van der Waals surface area contributed by atoms with Crippen molar-refractivity contribution in [3.05, 3.63) is 84.5 Å². The fourth-order valence-electron chi connectivity index (χ4n) is 2.74. The Balaban J connectivity index is 1.89. The molecule has 0 radical (unpaired) electrons. The van der Waals surface area contributed by atoms with E-state index < -0.39 is 0 Å². The summed E-state index contributed by atoms with van der Waals surface area (Å²) < 4.78 is 5.84. The smallest absolute Gasteiger partial charge is 0.258 e. The molecule has 0 saturated heterocycles. The lowest BCUT2D eigenvalue weighted by Crippen LogP contribution is -2.25. The van der Waals surface area contributed by atoms with E-state index in [0.29, 0.717) is 40.8 Å². The molecule has 31 heavy (non-hydrogen) atoms. The molecule has 156 valence electrons. The summed E-state index contributed by atoms with van der Waals surface area (Å²) >= 11 is 0. The second-order valence-corrected chi connectivity index (χ2v) is 6.87. The molecule has 1 amide bonds. The van der Waals surface area contributed by atoms with Gasteiger partial charge in [0, 0.05) is 39.0 Å². The van der Waals surface area contributed by atoms with Gasteiger partial charge in [-0.3, -0.25) is 9.69 Å². The number of carbonyl (C=O) groups is 1. The molecule has 1 aromatic heterocycles. The summed E-state index contributed by atoms with van der Waals surface area (Å²) in [4.78, 5) is 25.0. The highest BCUT2D eigenvalue weighted by molar-refractivity contribution is 6.06. The van der Waals surface area contributed by atoms with E-state index in [1.165, 1.54) is 11.0 Å². The van der Waals surface area contributed by atoms with Crippen LogP contribution in [0.15, 0.2) is 73.1 Å². The number of nitrogens with zero attached hydrogens (tertiary/aromatic N) is 5. The molecule has 0 aliphatic rings. The van der Waals surface area contributed by atoms with Crippen LogP contribution in [0, 0.1) is 11.3 Å². The molecule has 7 nitrogen and oxygen atoms in total. The predicted octanol–water partition coefficient (Wildman–Crippen LogP) is 4.44. The first-order valence-corrected chi connectivity index (χ1v) is 9.79. The summed E-state index contributed by atoms with van der Waals surface area (Å²) in [6.07, 6.45) is 5.51. The van der Waals surface area contributed by atoms with E-state index in [9.17, 15) is 4.79 Å². The molecule has 0 aliphatic heterocycles. The van der Waals surface area contributed by atoms with Crippen molar-refractivity contribution in [2.75, 3.05) is 19.0 Å². The Labute approximate surface area is 181 Å². The van der Waals surface area contributed by atoms with Gasteiger partial charge in [0.05, 0.1) is 17.3 Å². The molecule has 2 aromatic carbocycles. The number of hydrogen-bond acceptors (Lipinski definition) is 6. The van der Waals surface area contributed by atoms with Crippen LogP contribution in [0.4, 0.5) is 11.5 Å². The molecule has 0 N–H and O–H groups in total. The molecular formula is C24H23N5O2. The molecular weight excluding hydrogens is 390 g/mol. The monoisotopic (exact) mass is 413 g/mol. The van der Waals surface area contributed by atoms with Gasteiger partial charge >= 0.3 is 0 Å². The van der Waals surface area contributed by atoms with Crippen LogP contribution in [0.1, 0.15) is 18.3 Å². The molecule has 0 unspecified atom stereocenters. The highest BCUT2D eigenvalue weighted by Gasteiger charge is 2.18. The molecule has 7 heteroatoms. The lowest BCUT2D eigenvalue weighted by molar-refractivity contribution is -0.113. The summed E-state index contributed by atoms with van der Waals surface area (Å²) in [5.41, 5.74) is 1.22. The van der Waals surface area contributed by atoms with E-state index in [-0.39, 0.29) is 5.91 Å². The molecule has 0 aliphatic carbocycles. The number of nitriles is 1. The number of carbonyl (C=O) groups excluding carboxylic acids is 1. The summed E-state index contributed by atoms with van der Waals surface area (Å²) in [5, 5.41) is 8.90. The SMILES string of the molecule is CCc1nccc(N(C(=O)C=CN(C)C)c2ccc(Oc3ccc(C#N)cc3)cc2)n1. The largest absolute Gasteiger partial charge is 0.457 e. The Morgan fingerprint density at radius 1 is 1.06 bits per heavy atom. The average molecular weight is 413 g/mol. The van der Waals surface area contributed by atoms with Gasteiger partial charge in [-0.15, -0.1) is 0 Å². The first-order chi connectivity index (χ1) is 15.0. The van der Waals surface area contributed by atoms with Crippen LogP contribution < -0.4 is 9.64 Å². The number of ether oxygens (including phenoxy) is 1. The predicted molar refractivity (Wildman–Crippen MR) is 119 cm³/mol. The molecule has 0 spiro atoms. The highest BCUT2D eigenvalue weighted by Crippen LogP contribution is 2.28. The maximum atomic E-state index is 13.0. The van der Waals surface area contributed by atoms with Crippen LogP contribution in [0.5, 0.6) is 11.5 Å². The van der Waals surface area contributed by atoms with Gasteiger partial charge in [0.15, 0.2) is 0 Å². The summed E-state index contributed by atoms with van der Waals surface area (Å²) in [7, 11) is 3.70. The molecule has 1 heterocycles. The zero-order valence-electron chi connectivity index (χ0n) is 17.7. The summed E-state index contributed by atoms with van der Waals surface area (Å²) in [6, 6.07) is 17.8. The van der Waals surface area contributed by atoms with Gasteiger partial charge in [0.25, 0.3) is 5.91 Å². The maximum absolute atomic E-state index is 13.0. The molecule has 0 bridgehead atoms. The van der Waals surface area contributed by atoms with Crippen LogP contribution in [0.2, 0.25) is 0 Å². The molecule has 3 rings (SSSR count). The van der Waals surface area contributed by atoms with Gasteiger partial charge in [0.2, 0.25) is 0 Å². The van der Waals surface area contributed by atoms with E-state index in [2.05, 4.69) is 16.0 Å². The topological polar surface area (TPSA) is 82.4 Å². The Morgan fingerprint density at radius 3 is 2.29 bits per heavy atom. The quantitative estimate of drug-likeness (QED) is 0.533. The lowest BCUT2D eigenvalue weighted by Gasteiger charge is -2.21. The maximum Gasteiger partial charge on any atom is 0.258 e. The van der Waals surface area contributed by atoms with E-state index in [1.54, 1.807) is 71.9 Å². The second-order valence-electron chi connectivity index (χ2n) is 6.87. The average Bonchev–Trinajstić information content (AvgIpc) is 2.79. The number of aromatic nitrogens is 2. The van der Waals surface area contributed by atoms with E-state index in [0.717, 1.165) is 0 Å². The van der Waals surface area contributed by atoms with Crippen LogP contribution in [0.3, 0.4) is 0 Å². The van der Waals surface area contributed by atoms with Gasteiger partial charge in [-0.2, -0.15) is 5.26 Å². The normalized spacial score (nSPS) is 10.5. The van der Waals surface area contributed by atoms with Gasteiger partial charge in [-0.1, -0.05) is 6.92 Å². The molecule has 0 fully saturated rings. The third kappa shape index (κ3) is 5.67. The summed E-state index contributed by atoms with van der Waals surface area (Å²) in [5.74, 6) is 2.17. The number of hydrogen-bond donors (Lipinski definition) is 0. The minimum absolute atomic E-state index is 0.227. The number of aryl methyl sites for hydroxylation is 1. The van der Waals surface area contributed by atoms with Crippen LogP contribution in [-0.2, 0) is 11.2 Å². The molecule has 0 saturated carbocycles. The van der Waals surface area contributed by atoms with Crippen molar-refractivity contribution >= 4 is 17.4 Å². The molecule has 0 atom stereocenters. The van der Waals surface area contributed by atoms with Crippen molar-refractivity contribution in [1.29, 1.82) is 5.26 Å². The fourth-order valence-corrected chi connectivity index (χ4v) is 2.74. The number of benzene rings is 2. The van der Waals surface area contributed by atoms with Gasteiger partial charge in [-0.25, -0.2) is 9.97 Å². The Hall–Kier alpha value is -4.18. The van der Waals surface area contributed by atoms with E-state index in [4.69, 9.17) is 10.00 Å². The van der Waals surface area contributed by atoms with Crippen molar-refractivity contribution in [3.8, 4) is 17.6 Å². The second kappa shape index (κ2) is 10.0. The number of amides is 1. The Morgan fingerprint density at radius 2 is 1.71 bits per heavy atom. The van der Waals surface area contributed by atoms with E-state index >= 15 is 0 Å². The Bertz CT molecular complexity index is 1100. The van der Waals surface area contributed by atoms with Crippen molar-refractivity contribution in [2.45, 2.75) is 13.3 Å². The van der Waals surface area contributed by atoms with Crippen molar-refractivity contribution in [3.63, 3.8) is 0 Å². The van der Waals surface area contributed by atoms with Gasteiger partial charge in [-0.05, 0) is 54.6 Å². The van der Waals surface area contributed by atoms with Crippen LogP contribution in [0.25, 0.3) is 0 Å². The highest BCUT2D eigenvalue weighted by atomic mass is 16.5. The van der Waals surface area contributed by atoms with Crippen molar-refractivity contribution in [2.24, 2.45) is 0 Å². The van der Waals surface area contributed by atoms with Crippen molar-refractivity contribution in [1.82, 2.24) is 14.9 Å². The standard InChI is InChI=1S/C24H23N5O2/c1-4-22-26-15-13-23(27-22)29(24(30)14-16-28(2)3)19-7-11-21(12-8-19)31-20-9-5-18(17-25)6-10-20/h5-16H,4H2,1-3H3. The third-order valence-electron chi connectivity index (χ3n) is 4.29. The van der Waals surface area contributed by atoms with E-state index in [1.807, 2.05) is 21.0 Å². The minimum atomic E-state index is -0.227.